The summed E-state index contributed by atoms with van der Waals surface area (Å²) in [6.07, 6.45) is 6.75. The number of carboxylic acid groups (broad SMARTS) is 1. The Balaban J connectivity index is 1.59. The highest BCUT2D eigenvalue weighted by molar-refractivity contribution is 5.77. The zero-order valence-electron chi connectivity index (χ0n) is 23.5. The van der Waals surface area contributed by atoms with Crippen molar-refractivity contribution in [2.24, 2.45) is 45.3 Å². The Morgan fingerprint density at radius 2 is 1.76 bits per heavy atom. The highest BCUT2D eigenvalue weighted by atomic mass is 16.6. The number of fused-ring (bicyclic) bond motifs is 7. The summed E-state index contributed by atoms with van der Waals surface area (Å²) in [5.74, 6) is -1.12. The number of hydrogen-bond donors (Lipinski definition) is 3. The SMILES string of the molecule is C=C1[C@@H](OC(C)=O)[C@H](O)C[C@]2(C)[C@H]3CC=C4[C@H]5[C@](C(=O)O)(CC[C@@H](C)[C@@]5(C)O)CC[C@@]4(C)[C@]3(C)CC[C@@H]12. The summed E-state index contributed by atoms with van der Waals surface area (Å²) in [7, 11) is 0. The molecule has 0 saturated heterocycles. The second-order valence-electron chi connectivity index (χ2n) is 14.2. The van der Waals surface area contributed by atoms with Crippen LogP contribution in [0.1, 0.15) is 92.9 Å². The quantitative estimate of drug-likeness (QED) is 0.342. The summed E-state index contributed by atoms with van der Waals surface area (Å²) in [4.78, 5) is 24.6. The number of carbonyl (C=O) groups is 2. The summed E-state index contributed by atoms with van der Waals surface area (Å²) < 4.78 is 5.52. The fraction of sp³-hybridized carbons (Fsp3) is 0.806. The molecular weight excluding hydrogens is 468 g/mol. The van der Waals surface area contributed by atoms with E-state index in [4.69, 9.17) is 4.74 Å². The zero-order valence-corrected chi connectivity index (χ0v) is 23.5. The Bertz CT molecular complexity index is 1060. The Morgan fingerprint density at radius 1 is 1.08 bits per heavy atom. The summed E-state index contributed by atoms with van der Waals surface area (Å²) in [5, 5.41) is 33.6. The van der Waals surface area contributed by atoms with Gasteiger partial charge in [-0.15, -0.1) is 0 Å². The summed E-state index contributed by atoms with van der Waals surface area (Å²) in [5.41, 5.74) is -0.581. The maximum Gasteiger partial charge on any atom is 0.310 e. The lowest BCUT2D eigenvalue weighted by atomic mass is 9.34. The molecule has 0 radical (unpaired) electrons. The van der Waals surface area contributed by atoms with Gasteiger partial charge in [0, 0.05) is 12.8 Å². The second kappa shape index (κ2) is 8.17. The molecule has 6 heteroatoms. The minimum absolute atomic E-state index is 0.0297. The van der Waals surface area contributed by atoms with Gasteiger partial charge in [0.2, 0.25) is 0 Å². The van der Waals surface area contributed by atoms with Gasteiger partial charge in [-0.1, -0.05) is 45.9 Å². The molecule has 0 bridgehead atoms. The monoisotopic (exact) mass is 514 g/mol. The molecule has 37 heavy (non-hydrogen) atoms. The van der Waals surface area contributed by atoms with Gasteiger partial charge in [0.05, 0.1) is 17.1 Å². The Morgan fingerprint density at radius 3 is 2.38 bits per heavy atom. The van der Waals surface area contributed by atoms with Crippen molar-refractivity contribution in [1.82, 2.24) is 0 Å². The highest BCUT2D eigenvalue weighted by Gasteiger charge is 2.71. The molecule has 5 aliphatic rings. The predicted molar refractivity (Wildman–Crippen MR) is 140 cm³/mol. The van der Waals surface area contributed by atoms with Crippen LogP contribution in [0.15, 0.2) is 23.8 Å². The maximum absolute atomic E-state index is 12.9. The van der Waals surface area contributed by atoms with Crippen LogP contribution < -0.4 is 0 Å². The van der Waals surface area contributed by atoms with E-state index in [0.717, 1.165) is 43.3 Å². The molecular formula is C31H46O6. The van der Waals surface area contributed by atoms with Gasteiger partial charge in [-0.3, -0.25) is 9.59 Å². The van der Waals surface area contributed by atoms with Crippen molar-refractivity contribution in [1.29, 1.82) is 0 Å². The third kappa shape index (κ3) is 3.30. The maximum atomic E-state index is 12.9. The van der Waals surface area contributed by atoms with Crippen LogP contribution in [-0.4, -0.2) is 45.1 Å². The number of aliphatic hydroxyl groups excluding tert-OH is 1. The van der Waals surface area contributed by atoms with Crippen molar-refractivity contribution < 1.29 is 29.6 Å². The molecule has 0 aliphatic heterocycles. The molecule has 0 amide bonds. The third-order valence-electron chi connectivity index (χ3n) is 12.9. The van der Waals surface area contributed by atoms with Gasteiger partial charge in [0.25, 0.3) is 0 Å². The number of hydrogen-bond acceptors (Lipinski definition) is 5. The number of rotatable bonds is 2. The van der Waals surface area contributed by atoms with Crippen LogP contribution in [0, 0.1) is 45.3 Å². The summed E-state index contributed by atoms with van der Waals surface area (Å²) in [6.45, 7) is 16.6. The lowest BCUT2D eigenvalue weighted by Gasteiger charge is -2.70. The van der Waals surface area contributed by atoms with Crippen LogP contribution in [0.25, 0.3) is 0 Å². The molecule has 0 heterocycles. The average molecular weight is 515 g/mol. The van der Waals surface area contributed by atoms with Crippen molar-refractivity contribution >= 4 is 11.9 Å². The van der Waals surface area contributed by atoms with E-state index in [9.17, 15) is 24.9 Å². The van der Waals surface area contributed by atoms with Gasteiger partial charge >= 0.3 is 11.9 Å². The molecule has 0 aromatic carbocycles. The van der Waals surface area contributed by atoms with Crippen molar-refractivity contribution in [3.8, 4) is 0 Å². The molecule has 5 rings (SSSR count). The fourth-order valence-electron chi connectivity index (χ4n) is 10.5. The first kappa shape index (κ1) is 26.9. The first-order valence-corrected chi connectivity index (χ1v) is 14.3. The second-order valence-corrected chi connectivity index (χ2v) is 14.2. The van der Waals surface area contributed by atoms with Crippen LogP contribution in [0.5, 0.6) is 0 Å². The van der Waals surface area contributed by atoms with E-state index < -0.39 is 41.1 Å². The van der Waals surface area contributed by atoms with E-state index in [0.29, 0.717) is 19.3 Å². The molecule has 11 atom stereocenters. The molecule has 206 valence electrons. The molecule has 0 unspecified atom stereocenters. The predicted octanol–water partition coefficient (Wildman–Crippen LogP) is 5.28. The van der Waals surface area contributed by atoms with E-state index in [2.05, 4.69) is 40.3 Å². The topological polar surface area (TPSA) is 104 Å². The molecule has 4 saturated carbocycles. The Kier molecular flexibility index (Phi) is 5.95. The van der Waals surface area contributed by atoms with Gasteiger partial charge in [0.1, 0.15) is 6.10 Å². The first-order valence-electron chi connectivity index (χ1n) is 14.3. The lowest BCUT2D eigenvalue weighted by Crippen LogP contribution is -2.67. The first-order chi connectivity index (χ1) is 17.1. The zero-order chi connectivity index (χ0) is 27.3. The lowest BCUT2D eigenvalue weighted by molar-refractivity contribution is -0.204. The third-order valence-corrected chi connectivity index (χ3v) is 12.9. The van der Waals surface area contributed by atoms with Gasteiger partial charge in [-0.2, -0.15) is 0 Å². The standard InChI is InChI=1S/C31H46O6/c1-17-10-13-31(26(34)35)15-14-28(5)21(25(31)30(17,7)36)8-9-23-27(4)16-22(33)24(37-19(3)32)18(2)20(27)11-12-29(23,28)6/h8,17,20,22-25,33,36H,2,9-16H2,1,3-7H3,(H,34,35)/t17-,20+,22-,23-,24-,25-,27+,28-,29-,30-,31+/m1/s1. The van der Waals surface area contributed by atoms with Crippen molar-refractivity contribution in [2.45, 2.75) is 111 Å². The summed E-state index contributed by atoms with van der Waals surface area (Å²) in [6, 6.07) is 0. The van der Waals surface area contributed by atoms with E-state index in [1.807, 2.05) is 6.92 Å². The van der Waals surface area contributed by atoms with Crippen LogP contribution in [0.2, 0.25) is 0 Å². The molecule has 3 N–H and O–H groups in total. The molecule has 0 aromatic rings. The van der Waals surface area contributed by atoms with E-state index >= 15 is 0 Å². The van der Waals surface area contributed by atoms with Gasteiger partial charge in [-0.05, 0) is 97.9 Å². The van der Waals surface area contributed by atoms with Crippen molar-refractivity contribution in [3.05, 3.63) is 23.8 Å². The van der Waals surface area contributed by atoms with Crippen molar-refractivity contribution in [2.75, 3.05) is 0 Å². The largest absolute Gasteiger partial charge is 0.481 e. The number of carbonyl (C=O) groups excluding carboxylic acids is 1. The Hall–Kier alpha value is -1.66. The van der Waals surface area contributed by atoms with E-state index in [1.165, 1.54) is 6.92 Å². The number of esters is 1. The number of aliphatic carboxylic acids is 1. The van der Waals surface area contributed by atoms with E-state index in [1.54, 1.807) is 0 Å². The molecule has 6 nitrogen and oxygen atoms in total. The van der Waals surface area contributed by atoms with Crippen LogP contribution in [0.3, 0.4) is 0 Å². The summed E-state index contributed by atoms with van der Waals surface area (Å²) >= 11 is 0. The van der Waals surface area contributed by atoms with Gasteiger partial charge in [0.15, 0.2) is 0 Å². The molecule has 0 spiro atoms. The molecule has 0 aromatic heterocycles. The fourth-order valence-corrected chi connectivity index (χ4v) is 10.5. The highest BCUT2D eigenvalue weighted by Crippen LogP contribution is 2.75. The minimum Gasteiger partial charge on any atom is -0.481 e. The van der Waals surface area contributed by atoms with Crippen molar-refractivity contribution in [3.63, 3.8) is 0 Å². The van der Waals surface area contributed by atoms with E-state index in [-0.39, 0.29) is 34.0 Å². The number of carboxylic acids is 1. The number of ether oxygens (including phenoxy) is 1. The smallest absolute Gasteiger partial charge is 0.310 e. The van der Waals surface area contributed by atoms with Crippen LogP contribution >= 0.6 is 0 Å². The van der Waals surface area contributed by atoms with Gasteiger partial charge < -0.3 is 20.1 Å². The Labute approximate surface area is 221 Å². The number of aliphatic hydroxyl groups is 2. The van der Waals surface area contributed by atoms with Gasteiger partial charge in [-0.25, -0.2) is 0 Å². The molecule has 4 fully saturated rings. The van der Waals surface area contributed by atoms with Crippen LogP contribution in [-0.2, 0) is 14.3 Å². The van der Waals surface area contributed by atoms with Crippen LogP contribution in [0.4, 0.5) is 0 Å². The molecule has 5 aliphatic carbocycles. The normalized spacial score (nSPS) is 53.1. The minimum atomic E-state index is -1.08. The average Bonchev–Trinajstić information content (AvgIpc) is 2.79. The number of allylic oxidation sites excluding steroid dienone is 1.